The van der Waals surface area contributed by atoms with Gasteiger partial charge in [0.05, 0.1) is 26.4 Å². The van der Waals surface area contributed by atoms with Gasteiger partial charge < -0.3 is 14.9 Å². The van der Waals surface area contributed by atoms with E-state index in [4.69, 9.17) is 14.9 Å². The number of hydrogen-bond acceptors (Lipinski definition) is 5. The molecule has 7 nitrogen and oxygen atoms in total. The third kappa shape index (κ3) is 3.61. The summed E-state index contributed by atoms with van der Waals surface area (Å²) in [5, 5.41) is 17.4. The fourth-order valence-corrected chi connectivity index (χ4v) is 1.10. The van der Waals surface area contributed by atoms with E-state index in [2.05, 4.69) is 4.98 Å². The molecule has 1 rings (SSSR count). The third-order valence-corrected chi connectivity index (χ3v) is 1.99. The van der Waals surface area contributed by atoms with Crippen LogP contribution in [0.4, 0.5) is 0 Å². The number of hydrogen-bond donors (Lipinski definition) is 3. The first-order valence-electron chi connectivity index (χ1n) is 4.80. The molecule has 16 heavy (non-hydrogen) atoms. The Bertz CT molecular complexity index is 420. The number of nitrogens with zero attached hydrogens (tertiary/aromatic N) is 1. The first kappa shape index (κ1) is 12.6. The predicted octanol–water partition coefficient (Wildman–Crippen LogP) is -2.09. The van der Waals surface area contributed by atoms with Crippen molar-refractivity contribution >= 4 is 0 Å². The van der Waals surface area contributed by atoms with Gasteiger partial charge in [-0.1, -0.05) is 0 Å². The highest BCUT2D eigenvalue weighted by atomic mass is 16.5. The molecule has 0 unspecified atom stereocenters. The normalized spacial score (nSPS) is 10.9. The average molecular weight is 230 g/mol. The monoisotopic (exact) mass is 230 g/mol. The SMILES string of the molecule is O=c1ccn(CCOC(CO)CO)c(=O)[nH]1. The van der Waals surface area contributed by atoms with E-state index in [0.717, 1.165) is 0 Å². The molecule has 0 saturated carbocycles. The van der Waals surface area contributed by atoms with Gasteiger partial charge in [-0.05, 0) is 0 Å². The Kier molecular flexibility index (Phi) is 4.90. The van der Waals surface area contributed by atoms with Crippen LogP contribution < -0.4 is 11.2 Å². The highest BCUT2D eigenvalue weighted by molar-refractivity contribution is 4.82. The Labute approximate surface area is 90.9 Å². The van der Waals surface area contributed by atoms with E-state index < -0.39 is 17.4 Å². The van der Waals surface area contributed by atoms with Crippen LogP contribution in [0.25, 0.3) is 0 Å². The lowest BCUT2D eigenvalue weighted by Gasteiger charge is -2.12. The Morgan fingerprint density at radius 3 is 2.62 bits per heavy atom. The zero-order valence-corrected chi connectivity index (χ0v) is 8.63. The molecule has 0 aliphatic heterocycles. The molecule has 1 aromatic rings. The summed E-state index contributed by atoms with van der Waals surface area (Å²) in [5.74, 6) is 0. The fourth-order valence-electron chi connectivity index (χ4n) is 1.10. The van der Waals surface area contributed by atoms with Crippen LogP contribution in [0.1, 0.15) is 0 Å². The van der Waals surface area contributed by atoms with Gasteiger partial charge in [-0.3, -0.25) is 14.3 Å². The van der Waals surface area contributed by atoms with Crippen molar-refractivity contribution in [2.24, 2.45) is 0 Å². The average Bonchev–Trinajstić information content (AvgIpc) is 2.27. The van der Waals surface area contributed by atoms with Crippen molar-refractivity contribution in [3.63, 3.8) is 0 Å². The zero-order chi connectivity index (χ0) is 12.0. The van der Waals surface area contributed by atoms with Gasteiger partial charge in [-0.2, -0.15) is 0 Å². The lowest BCUT2D eigenvalue weighted by atomic mass is 10.4. The first-order valence-corrected chi connectivity index (χ1v) is 4.80. The molecule has 1 heterocycles. The first-order chi connectivity index (χ1) is 7.67. The molecule has 0 amide bonds. The molecular formula is C9H14N2O5. The molecule has 0 saturated heterocycles. The van der Waals surface area contributed by atoms with Gasteiger partial charge in [0.1, 0.15) is 6.10 Å². The second-order valence-corrected chi connectivity index (χ2v) is 3.16. The van der Waals surface area contributed by atoms with E-state index in [-0.39, 0.29) is 26.4 Å². The third-order valence-electron chi connectivity index (χ3n) is 1.99. The number of H-pyrrole nitrogens is 1. The number of rotatable bonds is 6. The van der Waals surface area contributed by atoms with Gasteiger partial charge in [-0.25, -0.2) is 4.79 Å². The summed E-state index contributed by atoms with van der Waals surface area (Å²) in [7, 11) is 0. The van der Waals surface area contributed by atoms with Crippen LogP contribution in [-0.2, 0) is 11.3 Å². The van der Waals surface area contributed by atoms with Crippen LogP contribution in [0.2, 0.25) is 0 Å². The predicted molar refractivity (Wildman–Crippen MR) is 55.2 cm³/mol. The van der Waals surface area contributed by atoms with Gasteiger partial charge >= 0.3 is 5.69 Å². The quantitative estimate of drug-likeness (QED) is 0.519. The van der Waals surface area contributed by atoms with E-state index in [1.54, 1.807) is 0 Å². The second kappa shape index (κ2) is 6.21. The van der Waals surface area contributed by atoms with Crippen molar-refractivity contribution in [3.8, 4) is 0 Å². The summed E-state index contributed by atoms with van der Waals surface area (Å²) in [4.78, 5) is 24.1. The Balaban J connectivity index is 2.49. The van der Waals surface area contributed by atoms with Crippen LogP contribution in [0.3, 0.4) is 0 Å². The summed E-state index contributed by atoms with van der Waals surface area (Å²) >= 11 is 0. The Morgan fingerprint density at radius 1 is 1.38 bits per heavy atom. The molecule has 0 aliphatic carbocycles. The minimum atomic E-state index is -0.640. The summed E-state index contributed by atoms with van der Waals surface area (Å²) in [6.07, 6.45) is 0.718. The lowest BCUT2D eigenvalue weighted by molar-refractivity contribution is -0.0226. The van der Waals surface area contributed by atoms with Crippen LogP contribution in [0, 0.1) is 0 Å². The maximum absolute atomic E-state index is 11.2. The van der Waals surface area contributed by atoms with Crippen molar-refractivity contribution in [2.45, 2.75) is 12.6 Å². The number of aromatic amines is 1. The molecule has 0 fully saturated rings. The molecule has 0 aliphatic rings. The topological polar surface area (TPSA) is 105 Å². The van der Waals surface area contributed by atoms with E-state index in [1.165, 1.54) is 16.8 Å². The Hall–Kier alpha value is -1.44. The van der Waals surface area contributed by atoms with Crippen molar-refractivity contribution in [3.05, 3.63) is 33.1 Å². The van der Waals surface area contributed by atoms with Crippen LogP contribution in [-0.4, -0.2) is 45.7 Å². The molecule has 90 valence electrons. The van der Waals surface area contributed by atoms with Gasteiger partial charge in [0.25, 0.3) is 5.56 Å². The van der Waals surface area contributed by atoms with E-state index in [1.807, 2.05) is 0 Å². The van der Waals surface area contributed by atoms with Crippen molar-refractivity contribution in [2.75, 3.05) is 19.8 Å². The molecule has 7 heteroatoms. The molecule has 0 bridgehead atoms. The number of aliphatic hydroxyl groups is 2. The molecule has 0 atom stereocenters. The number of nitrogens with one attached hydrogen (secondary N) is 1. The largest absolute Gasteiger partial charge is 0.394 e. The number of ether oxygens (including phenoxy) is 1. The minimum Gasteiger partial charge on any atom is -0.394 e. The van der Waals surface area contributed by atoms with Gasteiger partial charge in [0.2, 0.25) is 0 Å². The molecule has 0 aromatic carbocycles. The van der Waals surface area contributed by atoms with Crippen LogP contribution >= 0.6 is 0 Å². The summed E-state index contributed by atoms with van der Waals surface area (Å²) in [5.41, 5.74) is -0.966. The highest BCUT2D eigenvalue weighted by Crippen LogP contribution is 1.90. The minimum absolute atomic E-state index is 0.164. The zero-order valence-electron chi connectivity index (χ0n) is 8.63. The maximum Gasteiger partial charge on any atom is 0.328 e. The van der Waals surface area contributed by atoms with E-state index in [0.29, 0.717) is 0 Å². The van der Waals surface area contributed by atoms with Crippen LogP contribution in [0.15, 0.2) is 21.9 Å². The van der Waals surface area contributed by atoms with Crippen molar-refractivity contribution in [1.29, 1.82) is 0 Å². The Morgan fingerprint density at radius 2 is 2.06 bits per heavy atom. The highest BCUT2D eigenvalue weighted by Gasteiger charge is 2.05. The molecule has 3 N–H and O–H groups in total. The molecular weight excluding hydrogens is 216 g/mol. The molecule has 1 aromatic heterocycles. The summed E-state index contributed by atoms with van der Waals surface area (Å²) in [6, 6.07) is 1.23. The van der Waals surface area contributed by atoms with Crippen molar-refractivity contribution < 1.29 is 14.9 Å². The maximum atomic E-state index is 11.2. The second-order valence-electron chi connectivity index (χ2n) is 3.16. The van der Waals surface area contributed by atoms with E-state index >= 15 is 0 Å². The lowest BCUT2D eigenvalue weighted by Crippen LogP contribution is -2.31. The van der Waals surface area contributed by atoms with Crippen molar-refractivity contribution in [1.82, 2.24) is 9.55 Å². The van der Waals surface area contributed by atoms with Gasteiger partial charge in [-0.15, -0.1) is 0 Å². The van der Waals surface area contributed by atoms with Crippen LogP contribution in [0.5, 0.6) is 0 Å². The number of aliphatic hydroxyl groups excluding tert-OH is 2. The fraction of sp³-hybridized carbons (Fsp3) is 0.556. The molecule has 0 radical (unpaired) electrons. The summed E-state index contributed by atoms with van der Waals surface area (Å²) < 4.78 is 6.35. The van der Waals surface area contributed by atoms with Gasteiger partial charge in [0, 0.05) is 12.3 Å². The van der Waals surface area contributed by atoms with E-state index in [9.17, 15) is 9.59 Å². The standard InChI is InChI=1S/C9H14N2O5/c12-5-7(6-13)16-4-3-11-2-1-8(14)10-9(11)15/h1-2,7,12-13H,3-6H2,(H,10,14,15). The number of aromatic nitrogens is 2. The summed E-state index contributed by atoms with van der Waals surface area (Å²) in [6.45, 7) is -0.155. The van der Waals surface area contributed by atoms with Gasteiger partial charge in [0.15, 0.2) is 0 Å². The molecule has 0 spiro atoms. The smallest absolute Gasteiger partial charge is 0.328 e.